The van der Waals surface area contributed by atoms with Crippen molar-refractivity contribution in [2.24, 2.45) is 23.7 Å². The van der Waals surface area contributed by atoms with Gasteiger partial charge in [-0.25, -0.2) is 0 Å². The Balaban J connectivity index is 1.72. The van der Waals surface area contributed by atoms with Crippen LogP contribution in [0.1, 0.15) is 52.9 Å². The van der Waals surface area contributed by atoms with E-state index in [2.05, 4.69) is 0 Å². The molecule has 3 rings (SSSR count). The van der Waals surface area contributed by atoms with E-state index < -0.39 is 6.04 Å². The van der Waals surface area contributed by atoms with Gasteiger partial charge in [0.25, 0.3) is 0 Å². The van der Waals surface area contributed by atoms with Gasteiger partial charge in [-0.2, -0.15) is 0 Å². The second-order valence-corrected chi connectivity index (χ2v) is 8.70. The highest BCUT2D eigenvalue weighted by Gasteiger charge is 2.51. The Hall–Kier alpha value is -2.18. The van der Waals surface area contributed by atoms with Crippen LogP contribution in [0.2, 0.25) is 0 Å². The summed E-state index contributed by atoms with van der Waals surface area (Å²) in [6.45, 7) is 7.01. The molecule has 3 unspecified atom stereocenters. The van der Waals surface area contributed by atoms with Crippen molar-refractivity contribution < 1.29 is 23.9 Å². The lowest BCUT2D eigenvalue weighted by atomic mass is 9.85. The molecule has 0 bridgehead atoms. The zero-order valence-corrected chi connectivity index (χ0v) is 17.6. The normalized spacial score (nSPS) is 26.1. The Morgan fingerprint density at radius 1 is 1.07 bits per heavy atom. The second-order valence-electron chi connectivity index (χ2n) is 8.70. The Morgan fingerprint density at radius 3 is 2.10 bits per heavy atom. The minimum atomic E-state index is -0.750. The van der Waals surface area contributed by atoms with Crippen LogP contribution < -0.4 is 0 Å². The molecule has 2 aliphatic heterocycles. The van der Waals surface area contributed by atoms with Crippen molar-refractivity contribution in [1.82, 2.24) is 9.80 Å². The molecule has 0 N–H and O–H groups in total. The van der Waals surface area contributed by atoms with Gasteiger partial charge in [0.2, 0.25) is 17.7 Å². The van der Waals surface area contributed by atoms with Gasteiger partial charge in [-0.1, -0.05) is 26.0 Å². The number of imide groups is 1. The first kappa shape index (κ1) is 21.5. The molecule has 29 heavy (non-hydrogen) atoms. The maximum absolute atomic E-state index is 13.4. The summed E-state index contributed by atoms with van der Waals surface area (Å²) in [6, 6.07) is -0.750. The molecule has 0 radical (unpaired) electrons. The smallest absolute Gasteiger partial charge is 0.309 e. The van der Waals surface area contributed by atoms with Gasteiger partial charge in [0.15, 0.2) is 0 Å². The van der Waals surface area contributed by atoms with E-state index in [0.717, 1.165) is 0 Å². The molecule has 160 valence electrons. The van der Waals surface area contributed by atoms with Gasteiger partial charge < -0.3 is 9.64 Å². The van der Waals surface area contributed by atoms with Crippen LogP contribution in [0.3, 0.4) is 0 Å². The Labute approximate surface area is 172 Å². The van der Waals surface area contributed by atoms with Crippen molar-refractivity contribution in [1.29, 1.82) is 0 Å². The van der Waals surface area contributed by atoms with Gasteiger partial charge in [0, 0.05) is 13.1 Å². The molecule has 3 atom stereocenters. The van der Waals surface area contributed by atoms with E-state index in [9.17, 15) is 19.2 Å². The summed E-state index contributed by atoms with van der Waals surface area (Å²) in [7, 11) is 0. The third-order valence-electron chi connectivity index (χ3n) is 6.26. The van der Waals surface area contributed by atoms with Crippen molar-refractivity contribution in [3.8, 4) is 0 Å². The summed E-state index contributed by atoms with van der Waals surface area (Å²) < 4.78 is 5.09. The number of carbonyl (C=O) groups is 4. The molecule has 2 fully saturated rings. The van der Waals surface area contributed by atoms with Gasteiger partial charge in [-0.3, -0.25) is 24.1 Å². The number of rotatable bonds is 6. The van der Waals surface area contributed by atoms with Crippen LogP contribution >= 0.6 is 0 Å². The van der Waals surface area contributed by atoms with E-state index in [4.69, 9.17) is 4.74 Å². The van der Waals surface area contributed by atoms with E-state index >= 15 is 0 Å². The average Bonchev–Trinajstić information content (AvgIpc) is 2.96. The molecule has 0 saturated carbocycles. The number of nitrogens with zero attached hydrogens (tertiary/aromatic N) is 2. The highest BCUT2D eigenvalue weighted by Crippen LogP contribution is 2.37. The van der Waals surface area contributed by atoms with E-state index in [1.165, 1.54) is 4.90 Å². The predicted octanol–water partition coefficient (Wildman–Crippen LogP) is 2.15. The largest absolute Gasteiger partial charge is 0.466 e. The molecule has 0 aromatic heterocycles. The van der Waals surface area contributed by atoms with Gasteiger partial charge in [0.1, 0.15) is 6.04 Å². The van der Waals surface area contributed by atoms with Crippen molar-refractivity contribution in [3.05, 3.63) is 12.2 Å². The number of hydrogen-bond donors (Lipinski definition) is 0. The first-order chi connectivity index (χ1) is 13.8. The number of fused-ring (bicyclic) bond motifs is 1. The Kier molecular flexibility index (Phi) is 6.75. The average molecular weight is 405 g/mol. The quantitative estimate of drug-likeness (QED) is 0.385. The molecular weight excluding hydrogens is 372 g/mol. The lowest BCUT2D eigenvalue weighted by Crippen LogP contribution is -2.53. The highest BCUT2D eigenvalue weighted by molar-refractivity contribution is 6.08. The van der Waals surface area contributed by atoms with E-state index in [1.54, 1.807) is 11.8 Å². The fraction of sp³-hybridized carbons (Fsp3) is 0.727. The third-order valence-corrected chi connectivity index (χ3v) is 6.26. The van der Waals surface area contributed by atoms with Crippen molar-refractivity contribution in [3.63, 3.8) is 0 Å². The number of likely N-dealkylation sites (tertiary alicyclic amines) is 2. The Morgan fingerprint density at radius 2 is 1.62 bits per heavy atom. The zero-order valence-electron chi connectivity index (χ0n) is 17.6. The molecule has 0 aromatic carbocycles. The zero-order chi connectivity index (χ0) is 21.1. The first-order valence-corrected chi connectivity index (χ1v) is 10.8. The van der Waals surface area contributed by atoms with Gasteiger partial charge >= 0.3 is 5.97 Å². The third kappa shape index (κ3) is 4.38. The first-order valence-electron chi connectivity index (χ1n) is 10.8. The molecule has 0 aromatic rings. The van der Waals surface area contributed by atoms with Gasteiger partial charge in [-0.15, -0.1) is 0 Å². The molecule has 7 nitrogen and oxygen atoms in total. The predicted molar refractivity (Wildman–Crippen MR) is 106 cm³/mol. The monoisotopic (exact) mass is 404 g/mol. The molecule has 7 heteroatoms. The van der Waals surface area contributed by atoms with Crippen LogP contribution in [-0.4, -0.2) is 59.2 Å². The minimum Gasteiger partial charge on any atom is -0.466 e. The summed E-state index contributed by atoms with van der Waals surface area (Å²) in [6.07, 6.45) is 6.61. The number of allylic oxidation sites excluding steroid dienone is 2. The van der Waals surface area contributed by atoms with Gasteiger partial charge in [0.05, 0.1) is 24.4 Å². The fourth-order valence-electron chi connectivity index (χ4n) is 4.70. The van der Waals surface area contributed by atoms with Crippen LogP contribution in [-0.2, 0) is 23.9 Å². The number of esters is 1. The maximum atomic E-state index is 13.4. The lowest BCUT2D eigenvalue weighted by Gasteiger charge is -2.36. The maximum Gasteiger partial charge on any atom is 0.309 e. The number of ether oxygens (including phenoxy) is 1. The van der Waals surface area contributed by atoms with E-state index in [-0.39, 0.29) is 47.4 Å². The topological polar surface area (TPSA) is 84.0 Å². The SMILES string of the molecule is CCOC(=O)C1CCN(C(=O)C(CC(C)C)N2C(=O)C3CC=CCC3C2=O)CC1. The molecular formula is C22H32N2O5. The fourth-order valence-corrected chi connectivity index (χ4v) is 4.70. The Bertz CT molecular complexity index is 667. The number of amides is 3. The van der Waals surface area contributed by atoms with E-state index in [0.29, 0.717) is 51.8 Å². The molecule has 2 saturated heterocycles. The minimum absolute atomic E-state index is 0.169. The molecule has 1 aliphatic carbocycles. The van der Waals surface area contributed by atoms with Crippen LogP contribution in [0.5, 0.6) is 0 Å². The van der Waals surface area contributed by atoms with Gasteiger partial charge in [-0.05, 0) is 44.9 Å². The summed E-state index contributed by atoms with van der Waals surface area (Å²) in [4.78, 5) is 54.3. The van der Waals surface area contributed by atoms with Crippen molar-refractivity contribution in [2.75, 3.05) is 19.7 Å². The lowest BCUT2D eigenvalue weighted by molar-refractivity contribution is -0.155. The second kappa shape index (κ2) is 9.09. The summed E-state index contributed by atoms with van der Waals surface area (Å²) >= 11 is 0. The van der Waals surface area contributed by atoms with Crippen molar-refractivity contribution >= 4 is 23.7 Å². The van der Waals surface area contributed by atoms with E-state index in [1.807, 2.05) is 26.0 Å². The van der Waals surface area contributed by atoms with Crippen LogP contribution in [0.15, 0.2) is 12.2 Å². The number of hydrogen-bond acceptors (Lipinski definition) is 5. The number of piperidine rings is 1. The summed E-state index contributed by atoms with van der Waals surface area (Å²) in [5.41, 5.74) is 0. The highest BCUT2D eigenvalue weighted by atomic mass is 16.5. The summed E-state index contributed by atoms with van der Waals surface area (Å²) in [5.74, 6) is -1.47. The van der Waals surface area contributed by atoms with Crippen LogP contribution in [0.25, 0.3) is 0 Å². The molecule has 3 aliphatic rings. The van der Waals surface area contributed by atoms with Crippen LogP contribution in [0, 0.1) is 23.7 Å². The molecule has 3 amide bonds. The van der Waals surface area contributed by atoms with Crippen molar-refractivity contribution in [2.45, 2.75) is 58.9 Å². The molecule has 0 spiro atoms. The molecule has 2 heterocycles. The number of carbonyl (C=O) groups excluding carboxylic acids is 4. The summed E-state index contributed by atoms with van der Waals surface area (Å²) in [5, 5.41) is 0. The standard InChI is InChI=1S/C22H32N2O5/c1-4-29-22(28)15-9-11-23(12-10-15)21(27)18(13-14(2)3)24-19(25)16-7-5-6-8-17(16)20(24)26/h5-6,14-18H,4,7-13H2,1-3H3. The van der Waals surface area contributed by atoms with Crippen LogP contribution in [0.4, 0.5) is 0 Å².